The molecule has 10 heteroatoms. The minimum atomic E-state index is -3.92. The van der Waals surface area contributed by atoms with Crippen molar-refractivity contribution in [3.05, 3.63) is 81.4 Å². The summed E-state index contributed by atoms with van der Waals surface area (Å²) in [6.45, 7) is 4.34. The molecule has 2 fully saturated rings. The smallest absolute Gasteiger partial charge is 0.343 e. The summed E-state index contributed by atoms with van der Waals surface area (Å²) >= 11 is 0. The zero-order valence-corrected chi connectivity index (χ0v) is 25.2. The summed E-state index contributed by atoms with van der Waals surface area (Å²) in [4.78, 5) is 15.6. The van der Waals surface area contributed by atoms with E-state index in [1.165, 1.54) is 12.1 Å². The van der Waals surface area contributed by atoms with Gasteiger partial charge in [-0.15, -0.1) is 0 Å². The summed E-state index contributed by atoms with van der Waals surface area (Å²) in [5.74, 6) is 0.953. The van der Waals surface area contributed by atoms with Crippen LogP contribution in [0.2, 0.25) is 0 Å². The molecular formula is C33H40N2O7S. The lowest BCUT2D eigenvalue weighted by Crippen LogP contribution is -2.38. The molecule has 0 amide bonds. The lowest BCUT2D eigenvalue weighted by atomic mass is 9.85. The molecule has 1 atom stereocenters. The number of sulfonamides is 1. The first kappa shape index (κ1) is 29.7. The van der Waals surface area contributed by atoms with E-state index < -0.39 is 15.6 Å². The number of ether oxygens (including phenoxy) is 2. The predicted octanol–water partition coefficient (Wildman–Crippen LogP) is 5.06. The van der Waals surface area contributed by atoms with Crippen LogP contribution < -0.4 is 15.1 Å². The minimum absolute atomic E-state index is 0.0569. The Labute approximate surface area is 252 Å². The average Bonchev–Trinajstić information content (AvgIpc) is 3.82. The van der Waals surface area contributed by atoms with Crippen LogP contribution in [0, 0.1) is 5.92 Å². The maximum atomic E-state index is 13.4. The van der Waals surface area contributed by atoms with Gasteiger partial charge in [0.15, 0.2) is 0 Å². The third-order valence-electron chi connectivity index (χ3n) is 8.69. The lowest BCUT2D eigenvalue weighted by molar-refractivity contribution is 0.0322. The first-order valence-electron chi connectivity index (χ1n) is 15.4. The van der Waals surface area contributed by atoms with Crippen LogP contribution in [0.4, 0.5) is 5.69 Å². The van der Waals surface area contributed by atoms with Crippen molar-refractivity contribution in [2.45, 2.75) is 62.2 Å². The number of hydrogen-bond donors (Lipinski definition) is 2. The van der Waals surface area contributed by atoms with Crippen molar-refractivity contribution in [1.29, 1.82) is 0 Å². The fraction of sp³-hybridized carbons (Fsp3) is 0.485. The third kappa shape index (κ3) is 7.08. The zero-order chi connectivity index (χ0) is 29.8. The quantitative estimate of drug-likeness (QED) is 0.328. The van der Waals surface area contributed by atoms with Crippen molar-refractivity contribution in [1.82, 2.24) is 4.90 Å². The molecule has 9 nitrogen and oxygen atoms in total. The molecule has 1 saturated carbocycles. The molecule has 0 bridgehead atoms. The van der Waals surface area contributed by atoms with E-state index in [2.05, 4.69) is 9.62 Å². The van der Waals surface area contributed by atoms with Gasteiger partial charge in [-0.2, -0.15) is 0 Å². The number of hydrogen-bond acceptors (Lipinski definition) is 8. The van der Waals surface area contributed by atoms with Gasteiger partial charge in [-0.25, -0.2) is 13.2 Å². The molecule has 2 aliphatic carbocycles. The first-order chi connectivity index (χ1) is 20.9. The van der Waals surface area contributed by atoms with E-state index in [9.17, 15) is 18.3 Å². The maximum absolute atomic E-state index is 13.4. The van der Waals surface area contributed by atoms with Gasteiger partial charge < -0.3 is 19.0 Å². The molecule has 2 aromatic carbocycles. The van der Waals surface area contributed by atoms with E-state index in [0.717, 1.165) is 69.3 Å². The molecule has 2 N–H and O–H groups in total. The molecular weight excluding hydrogens is 568 g/mol. The molecule has 1 aliphatic heterocycles. The molecule has 230 valence electrons. The van der Waals surface area contributed by atoms with E-state index in [0.29, 0.717) is 55.4 Å². The Balaban J connectivity index is 1.21. The summed E-state index contributed by atoms with van der Waals surface area (Å²) in [7, 11) is -3.92. The standard InChI is InChI=1S/C33H40N2O7S/c36-32-28-11-3-1-2-4-12-29(28)42-33(37)31(32)30(23-13-14-23)24-7-5-8-25(21-24)34-43(38,39)27-10-6-9-26(22-27)41-20-17-35-15-18-40-19-16-35/h5-10,21-23,30,34,36H,1-4,11-20H2. The van der Waals surface area contributed by atoms with Crippen LogP contribution in [0.5, 0.6) is 11.5 Å². The number of benzene rings is 2. The Hall–Kier alpha value is -3.34. The van der Waals surface area contributed by atoms with E-state index in [1.54, 1.807) is 30.3 Å². The summed E-state index contributed by atoms with van der Waals surface area (Å²) < 4.78 is 46.6. The van der Waals surface area contributed by atoms with E-state index in [4.69, 9.17) is 13.9 Å². The lowest BCUT2D eigenvalue weighted by Gasteiger charge is -2.26. The minimum Gasteiger partial charge on any atom is -0.507 e. The normalized spacial score (nSPS) is 18.7. The fourth-order valence-corrected chi connectivity index (χ4v) is 7.34. The molecule has 6 rings (SSSR count). The first-order valence-corrected chi connectivity index (χ1v) is 16.9. The van der Waals surface area contributed by atoms with Crippen molar-refractivity contribution in [3.63, 3.8) is 0 Å². The summed E-state index contributed by atoms with van der Waals surface area (Å²) in [5, 5.41) is 11.4. The average molecular weight is 609 g/mol. The molecule has 2 heterocycles. The van der Waals surface area contributed by atoms with E-state index >= 15 is 0 Å². The van der Waals surface area contributed by atoms with Crippen molar-refractivity contribution >= 4 is 15.7 Å². The molecule has 0 spiro atoms. The molecule has 0 radical (unpaired) electrons. The fourth-order valence-electron chi connectivity index (χ4n) is 6.26. The zero-order valence-electron chi connectivity index (χ0n) is 24.4. The van der Waals surface area contributed by atoms with Crippen LogP contribution in [0.3, 0.4) is 0 Å². The Morgan fingerprint density at radius 1 is 1.00 bits per heavy atom. The van der Waals surface area contributed by atoms with Gasteiger partial charge in [-0.1, -0.05) is 31.0 Å². The van der Waals surface area contributed by atoms with E-state index in [-0.39, 0.29) is 22.5 Å². The number of anilines is 1. The number of aromatic hydroxyl groups is 1. The van der Waals surface area contributed by atoms with Gasteiger partial charge in [0.05, 0.1) is 23.7 Å². The van der Waals surface area contributed by atoms with Crippen LogP contribution in [-0.4, -0.2) is 57.9 Å². The van der Waals surface area contributed by atoms with Gasteiger partial charge >= 0.3 is 5.63 Å². The van der Waals surface area contributed by atoms with Gasteiger partial charge in [-0.3, -0.25) is 9.62 Å². The van der Waals surface area contributed by atoms with Crippen LogP contribution in [-0.2, 0) is 27.6 Å². The number of morpholine rings is 1. The topological polar surface area (TPSA) is 118 Å². The molecule has 1 unspecified atom stereocenters. The second-order valence-electron chi connectivity index (χ2n) is 11.8. The van der Waals surface area contributed by atoms with Crippen molar-refractivity contribution in [3.8, 4) is 11.5 Å². The Morgan fingerprint density at radius 3 is 2.56 bits per heavy atom. The van der Waals surface area contributed by atoms with Gasteiger partial charge in [0, 0.05) is 49.3 Å². The number of nitrogens with zero attached hydrogens (tertiary/aromatic N) is 1. The Morgan fingerprint density at radius 2 is 1.77 bits per heavy atom. The van der Waals surface area contributed by atoms with Crippen LogP contribution >= 0.6 is 0 Å². The van der Waals surface area contributed by atoms with Gasteiger partial charge in [0.1, 0.15) is 23.9 Å². The molecule has 1 aromatic heterocycles. The summed E-state index contributed by atoms with van der Waals surface area (Å²) in [6, 6.07) is 13.6. The van der Waals surface area contributed by atoms with E-state index in [1.807, 2.05) is 6.07 Å². The second kappa shape index (κ2) is 13.1. The highest BCUT2D eigenvalue weighted by molar-refractivity contribution is 7.92. The monoisotopic (exact) mass is 608 g/mol. The molecule has 43 heavy (non-hydrogen) atoms. The van der Waals surface area contributed by atoms with Crippen molar-refractivity contribution in [2.75, 3.05) is 44.2 Å². The molecule has 3 aromatic rings. The third-order valence-corrected chi connectivity index (χ3v) is 10.1. The summed E-state index contributed by atoms with van der Waals surface area (Å²) in [5.41, 5.74) is 1.71. The van der Waals surface area contributed by atoms with Crippen LogP contribution in [0.1, 0.15) is 66.9 Å². The number of nitrogens with one attached hydrogen (secondary N) is 1. The largest absolute Gasteiger partial charge is 0.507 e. The number of fused-ring (bicyclic) bond motifs is 1. The number of aryl methyl sites for hydroxylation is 1. The van der Waals surface area contributed by atoms with Crippen molar-refractivity contribution < 1.29 is 27.4 Å². The molecule has 1 saturated heterocycles. The predicted molar refractivity (Wildman–Crippen MR) is 164 cm³/mol. The molecule has 3 aliphatic rings. The Bertz CT molecular complexity index is 1590. The van der Waals surface area contributed by atoms with Gasteiger partial charge in [0.2, 0.25) is 0 Å². The number of rotatable bonds is 10. The van der Waals surface area contributed by atoms with Gasteiger partial charge in [-0.05, 0) is 67.9 Å². The highest BCUT2D eigenvalue weighted by atomic mass is 32.2. The Kier molecular flexibility index (Phi) is 9.06. The van der Waals surface area contributed by atoms with Gasteiger partial charge in [0.25, 0.3) is 10.0 Å². The maximum Gasteiger partial charge on any atom is 0.343 e. The van der Waals surface area contributed by atoms with Crippen molar-refractivity contribution in [2.24, 2.45) is 5.92 Å². The summed E-state index contributed by atoms with van der Waals surface area (Å²) in [6.07, 6.45) is 7.25. The highest BCUT2D eigenvalue weighted by Gasteiger charge is 2.38. The van der Waals surface area contributed by atoms with Crippen LogP contribution in [0.15, 0.2) is 62.6 Å². The van der Waals surface area contributed by atoms with Crippen LogP contribution in [0.25, 0.3) is 0 Å². The highest BCUT2D eigenvalue weighted by Crippen LogP contribution is 2.49. The second-order valence-corrected chi connectivity index (χ2v) is 13.5. The SMILES string of the molecule is O=c1oc2c(c(O)c1C(c1cccc(NS(=O)(=O)c3cccc(OCCN4CCOCC4)c3)c1)C1CC1)CCCCCC2.